The molecule has 0 unspecified atom stereocenters. The van der Waals surface area contributed by atoms with Gasteiger partial charge in [0.2, 0.25) is 5.91 Å². The van der Waals surface area contributed by atoms with Gasteiger partial charge in [0, 0.05) is 38.3 Å². The number of benzene rings is 1. The number of carboxylic acid groups (broad SMARTS) is 1. The van der Waals surface area contributed by atoms with Gasteiger partial charge in [-0.3, -0.25) is 14.5 Å². The molecule has 1 fully saturated rings. The highest BCUT2D eigenvalue weighted by atomic mass is 16.4. The van der Waals surface area contributed by atoms with Crippen LogP contribution < -0.4 is 0 Å². The predicted octanol–water partition coefficient (Wildman–Crippen LogP) is 1.87. The normalized spacial score (nSPS) is 18.7. The van der Waals surface area contributed by atoms with Crippen LogP contribution in [0.2, 0.25) is 0 Å². The van der Waals surface area contributed by atoms with Gasteiger partial charge >= 0.3 is 5.97 Å². The first-order valence-electron chi connectivity index (χ1n) is 8.40. The number of hydrogen-bond donors (Lipinski definition) is 1. The largest absolute Gasteiger partial charge is 0.481 e. The average molecular weight is 342 g/mol. The van der Waals surface area contributed by atoms with Crippen LogP contribution in [-0.2, 0) is 22.6 Å². The Morgan fingerprint density at radius 3 is 2.56 bits per heavy atom. The summed E-state index contributed by atoms with van der Waals surface area (Å²) in [6.45, 7) is 2.49. The van der Waals surface area contributed by atoms with Crippen LogP contribution in [-0.4, -0.2) is 53.0 Å². The maximum atomic E-state index is 12.6. The smallest absolute Gasteiger partial charge is 0.309 e. The van der Waals surface area contributed by atoms with Crippen LogP contribution in [0.25, 0.3) is 0 Å². The van der Waals surface area contributed by atoms with Gasteiger partial charge in [0.15, 0.2) is 0 Å². The molecule has 1 aliphatic heterocycles. The number of carboxylic acids is 1. The Kier molecular flexibility index (Phi) is 5.50. The van der Waals surface area contributed by atoms with Crippen molar-refractivity contribution >= 4 is 11.9 Å². The summed E-state index contributed by atoms with van der Waals surface area (Å²) in [6, 6.07) is 11.4. The molecule has 6 nitrogen and oxygen atoms in total. The van der Waals surface area contributed by atoms with Crippen molar-refractivity contribution in [3.8, 4) is 0 Å². The molecule has 1 aromatic carbocycles. The van der Waals surface area contributed by atoms with Gasteiger partial charge in [0.25, 0.3) is 0 Å². The van der Waals surface area contributed by atoms with Gasteiger partial charge in [0.05, 0.1) is 24.9 Å². The van der Waals surface area contributed by atoms with Crippen molar-refractivity contribution in [3.63, 3.8) is 0 Å². The van der Waals surface area contributed by atoms with E-state index in [1.54, 1.807) is 17.4 Å². The first-order chi connectivity index (χ1) is 12.1. The molecule has 1 aliphatic rings. The van der Waals surface area contributed by atoms with E-state index in [1.165, 1.54) is 0 Å². The summed E-state index contributed by atoms with van der Waals surface area (Å²) in [5.41, 5.74) is 1.95. The van der Waals surface area contributed by atoms with E-state index in [9.17, 15) is 14.7 Å². The van der Waals surface area contributed by atoms with Crippen LogP contribution in [0.5, 0.6) is 0 Å². The van der Waals surface area contributed by atoms with E-state index in [4.69, 9.17) is 4.42 Å². The van der Waals surface area contributed by atoms with Gasteiger partial charge in [-0.1, -0.05) is 30.3 Å². The molecule has 2 heterocycles. The Hall–Kier alpha value is -2.60. The van der Waals surface area contributed by atoms with Crippen LogP contribution in [0.1, 0.15) is 11.1 Å². The second kappa shape index (κ2) is 7.98. The lowest BCUT2D eigenvalue weighted by Gasteiger charge is -2.22. The highest BCUT2D eigenvalue weighted by Gasteiger charge is 2.30. The fourth-order valence-electron chi connectivity index (χ4n) is 3.13. The molecule has 3 rings (SSSR count). The second-order valence-corrected chi connectivity index (χ2v) is 6.40. The molecule has 1 saturated heterocycles. The third-order valence-corrected chi connectivity index (χ3v) is 4.49. The molecule has 6 heteroatoms. The minimum atomic E-state index is -0.864. The lowest BCUT2D eigenvalue weighted by molar-refractivity contribution is -0.143. The van der Waals surface area contributed by atoms with Crippen LogP contribution >= 0.6 is 0 Å². The summed E-state index contributed by atoms with van der Waals surface area (Å²) in [7, 11) is 0. The summed E-state index contributed by atoms with van der Waals surface area (Å²) in [4.78, 5) is 28.0. The standard InChI is InChI=1S/C19H22N2O4/c22-18(10-15-4-2-1-3-5-15)21-8-7-20(11-16-6-9-25-14-16)12-17(13-21)19(23)24/h1-6,9,14,17H,7-8,10-13H2,(H,23,24)/t17-/m0/s1. The number of hydrogen-bond acceptors (Lipinski definition) is 4. The van der Waals surface area contributed by atoms with E-state index in [0.717, 1.165) is 11.1 Å². The Labute approximate surface area is 146 Å². The number of aliphatic carboxylic acids is 1. The van der Waals surface area contributed by atoms with Crippen molar-refractivity contribution in [1.82, 2.24) is 9.80 Å². The van der Waals surface area contributed by atoms with Crippen LogP contribution in [0.4, 0.5) is 0 Å². The van der Waals surface area contributed by atoms with Crippen LogP contribution in [0.15, 0.2) is 53.3 Å². The minimum absolute atomic E-state index is 0.0254. The van der Waals surface area contributed by atoms with E-state index in [0.29, 0.717) is 32.6 Å². The van der Waals surface area contributed by atoms with Gasteiger partial charge in [-0.05, 0) is 11.6 Å². The summed E-state index contributed by atoms with van der Waals surface area (Å²) in [5, 5.41) is 9.51. The van der Waals surface area contributed by atoms with Gasteiger partial charge in [-0.15, -0.1) is 0 Å². The first kappa shape index (κ1) is 17.2. The molecule has 1 N–H and O–H groups in total. The van der Waals surface area contributed by atoms with E-state index in [1.807, 2.05) is 36.4 Å². The Balaban J connectivity index is 1.66. The zero-order valence-electron chi connectivity index (χ0n) is 14.0. The molecule has 0 aliphatic carbocycles. The molecule has 1 aromatic heterocycles. The van der Waals surface area contributed by atoms with Crippen molar-refractivity contribution in [2.45, 2.75) is 13.0 Å². The quantitative estimate of drug-likeness (QED) is 0.898. The first-order valence-corrected chi connectivity index (χ1v) is 8.40. The van der Waals surface area contributed by atoms with Crippen molar-refractivity contribution in [2.75, 3.05) is 26.2 Å². The van der Waals surface area contributed by atoms with E-state index in [-0.39, 0.29) is 12.5 Å². The van der Waals surface area contributed by atoms with E-state index < -0.39 is 11.9 Å². The summed E-state index contributed by atoms with van der Waals surface area (Å²) in [6.07, 6.45) is 3.57. The molecule has 2 aromatic rings. The fourth-order valence-corrected chi connectivity index (χ4v) is 3.13. The molecule has 1 amide bonds. The Morgan fingerprint density at radius 1 is 1.08 bits per heavy atom. The van der Waals surface area contributed by atoms with Crippen molar-refractivity contribution in [3.05, 3.63) is 60.1 Å². The monoisotopic (exact) mass is 342 g/mol. The molecule has 0 radical (unpaired) electrons. The zero-order chi connectivity index (χ0) is 17.6. The maximum Gasteiger partial charge on any atom is 0.309 e. The Bertz CT molecular complexity index is 699. The molecule has 0 saturated carbocycles. The van der Waals surface area contributed by atoms with Gasteiger partial charge in [0.1, 0.15) is 0 Å². The third-order valence-electron chi connectivity index (χ3n) is 4.49. The molecule has 1 atom stereocenters. The van der Waals surface area contributed by atoms with Gasteiger partial charge in [-0.2, -0.15) is 0 Å². The van der Waals surface area contributed by atoms with Crippen molar-refractivity contribution in [2.24, 2.45) is 5.92 Å². The zero-order valence-corrected chi connectivity index (χ0v) is 14.0. The number of amides is 1. The molecule has 0 bridgehead atoms. The number of rotatable bonds is 5. The molecular formula is C19H22N2O4. The average Bonchev–Trinajstić information content (AvgIpc) is 3.01. The maximum absolute atomic E-state index is 12.6. The lowest BCUT2D eigenvalue weighted by atomic mass is 10.1. The lowest BCUT2D eigenvalue weighted by Crippen LogP contribution is -2.38. The Morgan fingerprint density at radius 2 is 1.88 bits per heavy atom. The van der Waals surface area contributed by atoms with E-state index >= 15 is 0 Å². The fraction of sp³-hybridized carbons (Fsp3) is 0.368. The van der Waals surface area contributed by atoms with E-state index in [2.05, 4.69) is 4.90 Å². The SMILES string of the molecule is O=C(O)[C@H]1CN(Cc2ccoc2)CCN(C(=O)Cc2ccccc2)C1. The second-order valence-electron chi connectivity index (χ2n) is 6.40. The topological polar surface area (TPSA) is 74.0 Å². The minimum Gasteiger partial charge on any atom is -0.481 e. The summed E-state index contributed by atoms with van der Waals surface area (Å²) >= 11 is 0. The molecule has 132 valence electrons. The van der Waals surface area contributed by atoms with Crippen molar-refractivity contribution < 1.29 is 19.1 Å². The number of nitrogens with zero attached hydrogens (tertiary/aromatic N) is 2. The predicted molar refractivity (Wildman–Crippen MR) is 91.8 cm³/mol. The molecule has 0 spiro atoms. The highest BCUT2D eigenvalue weighted by molar-refractivity contribution is 5.80. The van der Waals surface area contributed by atoms with Crippen LogP contribution in [0.3, 0.4) is 0 Å². The van der Waals surface area contributed by atoms with Gasteiger partial charge in [-0.25, -0.2) is 0 Å². The summed E-state index contributed by atoms with van der Waals surface area (Å²) < 4.78 is 5.08. The van der Waals surface area contributed by atoms with Crippen LogP contribution in [0, 0.1) is 5.92 Å². The third kappa shape index (κ3) is 4.70. The number of carbonyl (C=O) groups is 2. The van der Waals surface area contributed by atoms with Gasteiger partial charge < -0.3 is 14.4 Å². The molecule has 25 heavy (non-hydrogen) atoms. The number of furan rings is 1. The number of carbonyl (C=O) groups excluding carboxylic acids is 1. The van der Waals surface area contributed by atoms with Crippen molar-refractivity contribution in [1.29, 1.82) is 0 Å². The highest BCUT2D eigenvalue weighted by Crippen LogP contribution is 2.15. The summed E-state index contributed by atoms with van der Waals surface area (Å²) in [5.74, 6) is -1.48. The molecular weight excluding hydrogens is 320 g/mol.